The highest BCUT2D eigenvalue weighted by Gasteiger charge is 2.05. The van der Waals surface area contributed by atoms with Gasteiger partial charge in [-0.2, -0.15) is 0 Å². The van der Waals surface area contributed by atoms with Gasteiger partial charge in [0.2, 0.25) is 0 Å². The summed E-state index contributed by atoms with van der Waals surface area (Å²) in [6.07, 6.45) is 1.65. The Kier molecular flexibility index (Phi) is 4.93. The minimum Gasteiger partial charge on any atom is -0.490 e. The first kappa shape index (κ1) is 14.6. The van der Waals surface area contributed by atoms with Crippen molar-refractivity contribution < 1.29 is 13.9 Å². The third kappa shape index (κ3) is 4.35. The van der Waals surface area contributed by atoms with Gasteiger partial charge in [-0.05, 0) is 48.5 Å². The number of hydrazine groups is 1. The molecule has 21 heavy (non-hydrogen) atoms. The standard InChI is InChI=1S/C16H15FN2O2/c1-2-11-21-15-9-3-12(4-10-15)16(20)19-18-14-7-5-13(17)6-8-14/h2-10,18H,1,11H2,(H,19,20). The first-order chi connectivity index (χ1) is 10.2. The first-order valence-electron chi connectivity index (χ1n) is 6.35. The summed E-state index contributed by atoms with van der Waals surface area (Å²) in [6, 6.07) is 12.4. The molecule has 0 fully saturated rings. The molecule has 0 spiro atoms. The zero-order valence-electron chi connectivity index (χ0n) is 11.3. The summed E-state index contributed by atoms with van der Waals surface area (Å²) in [6.45, 7) is 3.97. The molecule has 2 N–H and O–H groups in total. The molecule has 1 amide bonds. The molecule has 2 rings (SSSR count). The van der Waals surface area contributed by atoms with E-state index in [1.165, 1.54) is 24.3 Å². The largest absolute Gasteiger partial charge is 0.490 e. The Morgan fingerprint density at radius 2 is 1.81 bits per heavy atom. The van der Waals surface area contributed by atoms with Crippen molar-refractivity contribution in [3.05, 3.63) is 72.6 Å². The molecule has 2 aromatic rings. The minimum absolute atomic E-state index is 0.297. The maximum Gasteiger partial charge on any atom is 0.269 e. The van der Waals surface area contributed by atoms with Crippen LogP contribution in [0, 0.1) is 5.82 Å². The molecule has 0 aliphatic carbocycles. The summed E-state index contributed by atoms with van der Waals surface area (Å²) in [5.41, 5.74) is 6.31. The summed E-state index contributed by atoms with van der Waals surface area (Å²) in [7, 11) is 0. The zero-order chi connectivity index (χ0) is 15.1. The van der Waals surface area contributed by atoms with Crippen molar-refractivity contribution in [3.63, 3.8) is 0 Å². The van der Waals surface area contributed by atoms with Gasteiger partial charge in [-0.15, -0.1) is 0 Å². The second kappa shape index (κ2) is 7.09. The van der Waals surface area contributed by atoms with Crippen LogP contribution < -0.4 is 15.6 Å². The van der Waals surface area contributed by atoms with Gasteiger partial charge in [0.25, 0.3) is 5.91 Å². The number of hydrogen-bond acceptors (Lipinski definition) is 3. The molecule has 0 radical (unpaired) electrons. The first-order valence-corrected chi connectivity index (χ1v) is 6.35. The van der Waals surface area contributed by atoms with Gasteiger partial charge >= 0.3 is 0 Å². The highest BCUT2D eigenvalue weighted by Crippen LogP contribution is 2.12. The molecule has 0 aliphatic rings. The lowest BCUT2D eigenvalue weighted by Crippen LogP contribution is -2.29. The number of nitrogens with one attached hydrogen (secondary N) is 2. The van der Waals surface area contributed by atoms with Gasteiger partial charge in [-0.3, -0.25) is 15.6 Å². The number of halogens is 1. The number of hydrogen-bond donors (Lipinski definition) is 2. The van der Waals surface area contributed by atoms with Crippen LogP contribution >= 0.6 is 0 Å². The predicted octanol–water partition coefficient (Wildman–Crippen LogP) is 3.15. The molecule has 4 nitrogen and oxygen atoms in total. The average Bonchev–Trinajstić information content (AvgIpc) is 2.52. The molecule has 0 heterocycles. The van der Waals surface area contributed by atoms with Gasteiger partial charge in [0, 0.05) is 5.56 Å². The van der Waals surface area contributed by atoms with E-state index in [1.54, 1.807) is 30.3 Å². The van der Waals surface area contributed by atoms with E-state index in [9.17, 15) is 9.18 Å². The van der Waals surface area contributed by atoms with E-state index < -0.39 is 0 Å². The SMILES string of the molecule is C=CCOc1ccc(C(=O)NNc2ccc(F)cc2)cc1. The summed E-state index contributed by atoms with van der Waals surface area (Å²) < 4.78 is 18.1. The van der Waals surface area contributed by atoms with Crippen molar-refractivity contribution in [1.82, 2.24) is 5.43 Å². The van der Waals surface area contributed by atoms with E-state index in [2.05, 4.69) is 17.4 Å². The molecule has 0 saturated heterocycles. The molecule has 0 saturated carbocycles. The Labute approximate surface area is 122 Å². The molecule has 0 aromatic heterocycles. The highest BCUT2D eigenvalue weighted by atomic mass is 19.1. The molecule has 0 aliphatic heterocycles. The van der Waals surface area contributed by atoms with Crippen molar-refractivity contribution in [2.75, 3.05) is 12.0 Å². The van der Waals surface area contributed by atoms with Crippen LogP contribution in [0.25, 0.3) is 0 Å². The number of ether oxygens (including phenoxy) is 1. The van der Waals surface area contributed by atoms with Crippen molar-refractivity contribution in [1.29, 1.82) is 0 Å². The smallest absolute Gasteiger partial charge is 0.269 e. The summed E-state index contributed by atoms with van der Waals surface area (Å²) >= 11 is 0. The number of rotatable bonds is 6. The Morgan fingerprint density at radius 3 is 2.43 bits per heavy atom. The van der Waals surface area contributed by atoms with Crippen LogP contribution in [0.15, 0.2) is 61.2 Å². The Balaban J connectivity index is 1.90. The molecule has 0 bridgehead atoms. The van der Waals surface area contributed by atoms with Crippen LogP contribution in [-0.2, 0) is 0 Å². The van der Waals surface area contributed by atoms with Gasteiger partial charge in [0.1, 0.15) is 18.2 Å². The van der Waals surface area contributed by atoms with Gasteiger partial charge < -0.3 is 4.74 Å². The van der Waals surface area contributed by atoms with Crippen LogP contribution in [0.3, 0.4) is 0 Å². The minimum atomic E-state index is -0.331. The number of carbonyl (C=O) groups is 1. The van der Waals surface area contributed by atoms with Gasteiger partial charge in [0.15, 0.2) is 0 Å². The molecule has 5 heteroatoms. The van der Waals surface area contributed by atoms with Crippen molar-refractivity contribution in [2.45, 2.75) is 0 Å². The average molecular weight is 286 g/mol. The molecule has 0 atom stereocenters. The van der Waals surface area contributed by atoms with Gasteiger partial charge in [0.05, 0.1) is 5.69 Å². The normalized spacial score (nSPS) is 9.76. The fourth-order valence-electron chi connectivity index (χ4n) is 1.59. The monoisotopic (exact) mass is 286 g/mol. The van der Waals surface area contributed by atoms with Crippen LogP contribution in [-0.4, -0.2) is 12.5 Å². The summed E-state index contributed by atoms with van der Waals surface area (Å²) in [5, 5.41) is 0. The van der Waals surface area contributed by atoms with E-state index in [-0.39, 0.29) is 11.7 Å². The third-order valence-corrected chi connectivity index (χ3v) is 2.65. The van der Waals surface area contributed by atoms with Crippen LogP contribution in [0.1, 0.15) is 10.4 Å². The topological polar surface area (TPSA) is 50.4 Å². The van der Waals surface area contributed by atoms with Crippen molar-refractivity contribution >= 4 is 11.6 Å². The van der Waals surface area contributed by atoms with Crippen LogP contribution in [0.5, 0.6) is 5.75 Å². The van der Waals surface area contributed by atoms with Gasteiger partial charge in [-0.1, -0.05) is 12.7 Å². The summed E-state index contributed by atoms with van der Waals surface area (Å²) in [5.74, 6) is 0.0366. The fraction of sp³-hybridized carbons (Fsp3) is 0.0625. The lowest BCUT2D eigenvalue weighted by molar-refractivity contribution is 0.0962. The molecule has 108 valence electrons. The second-order valence-electron chi connectivity index (χ2n) is 4.21. The highest BCUT2D eigenvalue weighted by molar-refractivity contribution is 5.94. The van der Waals surface area contributed by atoms with Crippen LogP contribution in [0.2, 0.25) is 0 Å². The lowest BCUT2D eigenvalue weighted by Gasteiger charge is -2.09. The number of amides is 1. The Bertz CT molecular complexity index is 609. The molecular formula is C16H15FN2O2. The van der Waals surface area contributed by atoms with E-state index >= 15 is 0 Å². The second-order valence-corrected chi connectivity index (χ2v) is 4.21. The van der Waals surface area contributed by atoms with E-state index in [0.717, 1.165) is 0 Å². The maximum atomic E-state index is 12.7. The van der Waals surface area contributed by atoms with Crippen molar-refractivity contribution in [3.8, 4) is 5.75 Å². The van der Waals surface area contributed by atoms with Crippen molar-refractivity contribution in [2.24, 2.45) is 0 Å². The van der Waals surface area contributed by atoms with E-state index in [0.29, 0.717) is 23.6 Å². The molecular weight excluding hydrogens is 271 g/mol. The Morgan fingerprint density at radius 1 is 1.14 bits per heavy atom. The number of benzene rings is 2. The molecule has 0 unspecified atom stereocenters. The Hall–Kier alpha value is -2.82. The van der Waals surface area contributed by atoms with Gasteiger partial charge in [-0.25, -0.2) is 4.39 Å². The summed E-state index contributed by atoms with van der Waals surface area (Å²) in [4.78, 5) is 11.9. The number of carbonyl (C=O) groups excluding carboxylic acids is 1. The quantitative estimate of drug-likeness (QED) is 0.633. The third-order valence-electron chi connectivity index (χ3n) is 2.65. The van der Waals surface area contributed by atoms with E-state index in [1.807, 2.05) is 0 Å². The van der Waals surface area contributed by atoms with Crippen LogP contribution in [0.4, 0.5) is 10.1 Å². The lowest BCUT2D eigenvalue weighted by atomic mass is 10.2. The predicted molar refractivity (Wildman–Crippen MR) is 79.6 cm³/mol. The number of anilines is 1. The maximum absolute atomic E-state index is 12.7. The van der Waals surface area contributed by atoms with E-state index in [4.69, 9.17) is 4.74 Å². The molecule has 2 aromatic carbocycles. The zero-order valence-corrected chi connectivity index (χ0v) is 11.3. The fourth-order valence-corrected chi connectivity index (χ4v) is 1.59.